The Morgan fingerprint density at radius 3 is 1.93 bits per heavy atom. The van der Waals surface area contributed by atoms with Gasteiger partial charge in [-0.05, 0) is 62.6 Å². The molecule has 0 atom stereocenters. The van der Waals surface area contributed by atoms with Crippen molar-refractivity contribution in [3.05, 3.63) is 0 Å². The van der Waals surface area contributed by atoms with Crippen molar-refractivity contribution in [2.45, 2.75) is 46.5 Å². The molecule has 0 radical (unpaired) electrons. The topological polar surface area (TPSA) is 3.24 Å². The molecule has 0 bridgehead atoms. The van der Waals surface area contributed by atoms with Crippen molar-refractivity contribution < 1.29 is 0 Å². The Bertz CT molecular complexity index is 202. The molecule has 14 heavy (non-hydrogen) atoms. The van der Waals surface area contributed by atoms with Crippen LogP contribution >= 0.6 is 0 Å². The van der Waals surface area contributed by atoms with Gasteiger partial charge in [-0.25, -0.2) is 0 Å². The average molecular weight is 195 g/mol. The summed E-state index contributed by atoms with van der Waals surface area (Å²) in [6.45, 7) is 9.97. The lowest BCUT2D eigenvalue weighted by molar-refractivity contribution is 0.0752. The van der Waals surface area contributed by atoms with E-state index in [4.69, 9.17) is 0 Å². The van der Waals surface area contributed by atoms with Gasteiger partial charge in [0.25, 0.3) is 0 Å². The number of nitrogens with zero attached hydrogens (tertiary/aromatic N) is 1. The third kappa shape index (κ3) is 1.60. The van der Waals surface area contributed by atoms with Crippen molar-refractivity contribution in [2.24, 2.45) is 16.7 Å². The highest BCUT2D eigenvalue weighted by atomic mass is 15.1. The van der Waals surface area contributed by atoms with Crippen LogP contribution in [-0.2, 0) is 0 Å². The fraction of sp³-hybridized carbons (Fsp3) is 1.00. The number of likely N-dealkylation sites (tertiary alicyclic amines) is 1. The van der Waals surface area contributed by atoms with E-state index in [9.17, 15) is 0 Å². The van der Waals surface area contributed by atoms with Gasteiger partial charge in [-0.1, -0.05) is 20.8 Å². The number of rotatable bonds is 1. The standard InChI is InChI=1S/C13H25N/c1-12(2,3)13(7-8-13)11-5-9-14(4)10-6-11/h11H,5-10H2,1-4H3. The first kappa shape index (κ1) is 10.5. The van der Waals surface area contributed by atoms with Gasteiger partial charge in [-0.15, -0.1) is 0 Å². The van der Waals surface area contributed by atoms with Crippen LogP contribution in [-0.4, -0.2) is 25.0 Å². The molecular formula is C13H25N. The number of hydrogen-bond donors (Lipinski definition) is 0. The lowest BCUT2D eigenvalue weighted by Crippen LogP contribution is -2.38. The summed E-state index contributed by atoms with van der Waals surface area (Å²) in [6.07, 6.45) is 5.86. The van der Waals surface area contributed by atoms with Crippen LogP contribution in [0, 0.1) is 16.7 Å². The molecule has 0 unspecified atom stereocenters. The summed E-state index contributed by atoms with van der Waals surface area (Å²) in [7, 11) is 2.26. The van der Waals surface area contributed by atoms with Gasteiger partial charge in [-0.3, -0.25) is 0 Å². The Hall–Kier alpha value is -0.0400. The molecule has 1 aliphatic heterocycles. The maximum absolute atomic E-state index is 2.48. The monoisotopic (exact) mass is 195 g/mol. The van der Waals surface area contributed by atoms with Gasteiger partial charge in [-0.2, -0.15) is 0 Å². The van der Waals surface area contributed by atoms with E-state index in [2.05, 4.69) is 32.7 Å². The molecule has 0 amide bonds. The Balaban J connectivity index is 2.02. The molecule has 0 aromatic heterocycles. The molecule has 0 aromatic carbocycles. The Labute approximate surface area is 88.9 Å². The average Bonchev–Trinajstić information content (AvgIpc) is 2.84. The SMILES string of the molecule is CN1CCC(C2(C(C)(C)C)CC2)CC1. The van der Waals surface area contributed by atoms with Crippen LogP contribution in [0.4, 0.5) is 0 Å². The van der Waals surface area contributed by atoms with Gasteiger partial charge in [0.2, 0.25) is 0 Å². The molecule has 1 saturated carbocycles. The van der Waals surface area contributed by atoms with Crippen molar-refractivity contribution in [2.75, 3.05) is 20.1 Å². The van der Waals surface area contributed by atoms with Crippen molar-refractivity contribution in [3.63, 3.8) is 0 Å². The van der Waals surface area contributed by atoms with E-state index < -0.39 is 0 Å². The summed E-state index contributed by atoms with van der Waals surface area (Å²) < 4.78 is 0. The first-order valence-corrected chi connectivity index (χ1v) is 6.14. The highest BCUT2D eigenvalue weighted by molar-refractivity contribution is 5.06. The second-order valence-electron chi connectivity index (χ2n) is 6.48. The molecule has 1 heterocycles. The zero-order chi connectivity index (χ0) is 10.4. The Kier molecular flexibility index (Phi) is 2.42. The molecule has 2 rings (SSSR count). The summed E-state index contributed by atoms with van der Waals surface area (Å²) in [6, 6.07) is 0. The van der Waals surface area contributed by atoms with E-state index >= 15 is 0 Å². The Morgan fingerprint density at radius 1 is 1.07 bits per heavy atom. The van der Waals surface area contributed by atoms with Crippen LogP contribution in [0.5, 0.6) is 0 Å². The summed E-state index contributed by atoms with van der Waals surface area (Å²) >= 11 is 0. The third-order valence-corrected chi connectivity index (χ3v) is 4.78. The lowest BCUT2D eigenvalue weighted by Gasteiger charge is -2.42. The van der Waals surface area contributed by atoms with E-state index in [0.717, 1.165) is 5.92 Å². The third-order valence-electron chi connectivity index (χ3n) is 4.78. The molecule has 2 fully saturated rings. The fourth-order valence-electron chi connectivity index (χ4n) is 3.47. The first-order chi connectivity index (χ1) is 6.46. The highest BCUT2D eigenvalue weighted by Crippen LogP contribution is 2.65. The van der Waals surface area contributed by atoms with Crippen molar-refractivity contribution in [1.82, 2.24) is 4.90 Å². The highest BCUT2D eigenvalue weighted by Gasteiger charge is 2.56. The first-order valence-electron chi connectivity index (χ1n) is 6.14. The second kappa shape index (κ2) is 3.23. The molecule has 2 aliphatic rings. The predicted octanol–water partition coefficient (Wildman–Crippen LogP) is 3.15. The molecule has 1 nitrogen and oxygen atoms in total. The summed E-state index contributed by atoms with van der Waals surface area (Å²) in [5, 5.41) is 0. The minimum Gasteiger partial charge on any atom is -0.306 e. The van der Waals surface area contributed by atoms with Crippen LogP contribution in [0.25, 0.3) is 0 Å². The van der Waals surface area contributed by atoms with Gasteiger partial charge in [0.05, 0.1) is 0 Å². The van der Waals surface area contributed by atoms with Crippen LogP contribution < -0.4 is 0 Å². The molecule has 0 N–H and O–H groups in total. The van der Waals surface area contributed by atoms with Gasteiger partial charge in [0.1, 0.15) is 0 Å². The molecule has 0 spiro atoms. The largest absolute Gasteiger partial charge is 0.306 e. The zero-order valence-electron chi connectivity index (χ0n) is 10.3. The normalized spacial score (nSPS) is 29.1. The molecule has 82 valence electrons. The van der Waals surface area contributed by atoms with Gasteiger partial charge >= 0.3 is 0 Å². The smallest absolute Gasteiger partial charge is 0.00189 e. The zero-order valence-corrected chi connectivity index (χ0v) is 10.3. The summed E-state index contributed by atoms with van der Waals surface area (Å²) in [4.78, 5) is 2.48. The minimum absolute atomic E-state index is 0.535. The van der Waals surface area contributed by atoms with E-state index in [1.165, 1.54) is 38.8 Å². The van der Waals surface area contributed by atoms with Crippen molar-refractivity contribution >= 4 is 0 Å². The molecule has 1 saturated heterocycles. The maximum Gasteiger partial charge on any atom is -0.00189 e. The summed E-state index contributed by atoms with van der Waals surface area (Å²) in [5.41, 5.74) is 1.25. The van der Waals surface area contributed by atoms with E-state index in [-0.39, 0.29) is 0 Å². The van der Waals surface area contributed by atoms with Crippen LogP contribution in [0.2, 0.25) is 0 Å². The predicted molar refractivity (Wildman–Crippen MR) is 61.3 cm³/mol. The van der Waals surface area contributed by atoms with Crippen LogP contribution in [0.3, 0.4) is 0 Å². The van der Waals surface area contributed by atoms with E-state index in [0.29, 0.717) is 10.8 Å². The quantitative estimate of drug-likeness (QED) is 0.621. The van der Waals surface area contributed by atoms with E-state index in [1.54, 1.807) is 0 Å². The van der Waals surface area contributed by atoms with Gasteiger partial charge in [0, 0.05) is 0 Å². The van der Waals surface area contributed by atoms with Crippen molar-refractivity contribution in [3.8, 4) is 0 Å². The second-order valence-corrected chi connectivity index (χ2v) is 6.48. The number of piperidine rings is 1. The van der Waals surface area contributed by atoms with E-state index in [1.807, 2.05) is 0 Å². The molecule has 0 aromatic rings. The van der Waals surface area contributed by atoms with Gasteiger partial charge < -0.3 is 4.90 Å². The maximum atomic E-state index is 2.48. The minimum atomic E-state index is 0.535. The molecular weight excluding hydrogens is 170 g/mol. The molecule has 1 heteroatoms. The Morgan fingerprint density at radius 2 is 1.57 bits per heavy atom. The van der Waals surface area contributed by atoms with Crippen LogP contribution in [0.1, 0.15) is 46.5 Å². The molecule has 1 aliphatic carbocycles. The van der Waals surface area contributed by atoms with Crippen molar-refractivity contribution in [1.29, 1.82) is 0 Å². The number of hydrogen-bond acceptors (Lipinski definition) is 1. The lowest BCUT2D eigenvalue weighted by atomic mass is 9.67. The van der Waals surface area contributed by atoms with Gasteiger partial charge in [0.15, 0.2) is 0 Å². The van der Waals surface area contributed by atoms with Crippen LogP contribution in [0.15, 0.2) is 0 Å². The fourth-order valence-corrected chi connectivity index (χ4v) is 3.47. The summed E-state index contributed by atoms with van der Waals surface area (Å²) in [5.74, 6) is 1.01.